The molecule has 46 heavy (non-hydrogen) atoms. The molecule has 0 unspecified atom stereocenters. The number of carbonyl (C=O) groups excluding carboxylic acids is 3. The number of para-hydroxylation sites is 2. The third-order valence-electron chi connectivity index (χ3n) is 7.50. The topological polar surface area (TPSA) is 111 Å². The molecule has 1 atom stereocenters. The van der Waals surface area contributed by atoms with Crippen molar-refractivity contribution in [3.05, 3.63) is 155 Å². The summed E-state index contributed by atoms with van der Waals surface area (Å²) in [6, 6.07) is 37.7. The van der Waals surface area contributed by atoms with Crippen molar-refractivity contribution in [1.82, 2.24) is 5.32 Å². The Balaban J connectivity index is 1.34. The van der Waals surface area contributed by atoms with E-state index in [9.17, 15) is 14.4 Å². The molecule has 228 valence electrons. The highest BCUT2D eigenvalue weighted by atomic mass is 35.5. The van der Waals surface area contributed by atoms with E-state index in [1.165, 1.54) is 0 Å². The number of urea groups is 1. The van der Waals surface area contributed by atoms with Crippen molar-refractivity contribution in [1.29, 1.82) is 0 Å². The van der Waals surface area contributed by atoms with E-state index in [4.69, 9.17) is 11.6 Å². The Morgan fingerprint density at radius 3 is 2.09 bits per heavy atom. The summed E-state index contributed by atoms with van der Waals surface area (Å²) in [6.07, 6.45) is 0. The van der Waals surface area contributed by atoms with Gasteiger partial charge in [0.15, 0.2) is 0 Å². The first-order valence-electron chi connectivity index (χ1n) is 14.7. The lowest BCUT2D eigenvalue weighted by Crippen LogP contribution is -2.26. The number of hydrogen-bond acceptors (Lipinski definition) is 4. The van der Waals surface area contributed by atoms with Crippen molar-refractivity contribution in [2.24, 2.45) is 0 Å². The number of carbonyl (C=O) groups is 3. The first-order chi connectivity index (χ1) is 22.4. The van der Waals surface area contributed by atoms with Crippen LogP contribution < -0.4 is 26.6 Å². The quantitative estimate of drug-likeness (QED) is 0.111. The van der Waals surface area contributed by atoms with Crippen LogP contribution in [0.2, 0.25) is 5.02 Å². The molecular formula is C37H30ClN5O3. The summed E-state index contributed by atoms with van der Waals surface area (Å²) < 4.78 is 0. The van der Waals surface area contributed by atoms with E-state index in [0.717, 1.165) is 11.1 Å². The largest absolute Gasteiger partial charge is 0.353 e. The summed E-state index contributed by atoms with van der Waals surface area (Å²) in [5.74, 6) is -0.576. The molecule has 4 amide bonds. The third-order valence-corrected chi connectivity index (χ3v) is 7.74. The van der Waals surface area contributed by atoms with Gasteiger partial charge in [-0.25, -0.2) is 4.79 Å². The van der Waals surface area contributed by atoms with Crippen LogP contribution in [0.15, 0.2) is 127 Å². The Kier molecular flexibility index (Phi) is 8.80. The zero-order valence-electron chi connectivity index (χ0n) is 24.8. The number of anilines is 4. The molecule has 1 aliphatic rings. The molecule has 0 fully saturated rings. The molecule has 8 nitrogen and oxygen atoms in total. The van der Waals surface area contributed by atoms with Gasteiger partial charge in [-0.2, -0.15) is 0 Å². The summed E-state index contributed by atoms with van der Waals surface area (Å²) >= 11 is 6.07. The minimum atomic E-state index is -0.463. The molecule has 6 rings (SSSR count). The van der Waals surface area contributed by atoms with Crippen molar-refractivity contribution in [2.75, 3.05) is 21.3 Å². The van der Waals surface area contributed by atoms with Crippen molar-refractivity contribution in [3.8, 4) is 0 Å². The Bertz CT molecular complexity index is 1960. The van der Waals surface area contributed by atoms with E-state index in [0.29, 0.717) is 50.2 Å². The van der Waals surface area contributed by atoms with Crippen LogP contribution in [0.1, 0.15) is 40.0 Å². The van der Waals surface area contributed by atoms with E-state index in [2.05, 4.69) is 26.6 Å². The van der Waals surface area contributed by atoms with E-state index in [1.54, 1.807) is 60.7 Å². The van der Waals surface area contributed by atoms with Crippen LogP contribution >= 0.6 is 11.6 Å². The molecule has 0 radical (unpaired) electrons. The van der Waals surface area contributed by atoms with Crippen LogP contribution in [0.25, 0.3) is 11.3 Å². The van der Waals surface area contributed by atoms with E-state index >= 15 is 0 Å². The number of halogens is 1. The molecule has 5 aromatic rings. The maximum atomic E-state index is 13.6. The number of benzene rings is 5. The number of nitrogens with one attached hydrogen (secondary N) is 5. The standard InChI is InChI=1S/C37H30ClN5O3/c1-23(24-11-4-2-5-12-24)39-35(44)26-19-20-30-29(21-26)33(36(45)42-30)34(25-13-6-3-7-14-25)41-31-17-8-9-18-32(31)43-37(46)40-28-16-10-15-27(38)22-28/h2-23,41H,1H3,(H,39,44)(H,42,45)(H2,40,43,46)/b34-33-/t23-/m1/s1. The Morgan fingerprint density at radius 2 is 1.37 bits per heavy atom. The average Bonchev–Trinajstić information content (AvgIpc) is 3.39. The Hall–Kier alpha value is -5.86. The normalized spacial score (nSPS) is 13.6. The fourth-order valence-electron chi connectivity index (χ4n) is 5.23. The van der Waals surface area contributed by atoms with Gasteiger partial charge >= 0.3 is 6.03 Å². The Morgan fingerprint density at radius 1 is 0.696 bits per heavy atom. The van der Waals surface area contributed by atoms with Gasteiger partial charge in [0, 0.05) is 27.5 Å². The predicted molar refractivity (Wildman–Crippen MR) is 185 cm³/mol. The summed E-state index contributed by atoms with van der Waals surface area (Å²) in [5, 5.41) is 15.6. The smallest absolute Gasteiger partial charge is 0.323 e. The fourth-order valence-corrected chi connectivity index (χ4v) is 5.42. The minimum absolute atomic E-state index is 0.210. The van der Waals surface area contributed by atoms with Crippen LogP contribution in [0.3, 0.4) is 0 Å². The van der Waals surface area contributed by atoms with Gasteiger partial charge in [-0.15, -0.1) is 0 Å². The molecule has 0 saturated carbocycles. The number of amides is 4. The molecule has 0 aromatic heterocycles. The van der Waals surface area contributed by atoms with Crippen molar-refractivity contribution < 1.29 is 14.4 Å². The fraction of sp³-hybridized carbons (Fsp3) is 0.0541. The number of fused-ring (bicyclic) bond motifs is 1. The third kappa shape index (κ3) is 6.77. The number of rotatable bonds is 8. The summed E-state index contributed by atoms with van der Waals surface area (Å²) in [7, 11) is 0. The lowest BCUT2D eigenvalue weighted by molar-refractivity contribution is -0.110. The predicted octanol–water partition coefficient (Wildman–Crippen LogP) is 8.41. The summed E-state index contributed by atoms with van der Waals surface area (Å²) in [4.78, 5) is 39.9. The summed E-state index contributed by atoms with van der Waals surface area (Å²) in [5.41, 5.74) is 5.78. The number of hydrogen-bond donors (Lipinski definition) is 5. The molecular weight excluding hydrogens is 598 g/mol. The molecule has 0 aliphatic carbocycles. The second-order valence-corrected chi connectivity index (χ2v) is 11.1. The molecule has 0 saturated heterocycles. The Labute approximate surface area is 271 Å². The van der Waals surface area contributed by atoms with Crippen LogP contribution in [0.5, 0.6) is 0 Å². The van der Waals surface area contributed by atoms with Crippen molar-refractivity contribution in [3.63, 3.8) is 0 Å². The molecule has 5 aromatic carbocycles. The summed E-state index contributed by atoms with van der Waals surface area (Å²) in [6.45, 7) is 1.93. The van der Waals surface area contributed by atoms with Gasteiger partial charge in [-0.05, 0) is 66.6 Å². The molecule has 9 heteroatoms. The lowest BCUT2D eigenvalue weighted by Gasteiger charge is -2.18. The second kappa shape index (κ2) is 13.4. The van der Waals surface area contributed by atoms with Gasteiger partial charge in [-0.3, -0.25) is 9.59 Å². The maximum absolute atomic E-state index is 13.6. The maximum Gasteiger partial charge on any atom is 0.323 e. The molecule has 5 N–H and O–H groups in total. The van der Waals surface area contributed by atoms with Gasteiger partial charge < -0.3 is 26.6 Å². The zero-order chi connectivity index (χ0) is 32.0. The molecule has 0 spiro atoms. The monoisotopic (exact) mass is 627 g/mol. The van der Waals surface area contributed by atoms with E-state index in [1.807, 2.05) is 73.7 Å². The molecule has 1 heterocycles. The van der Waals surface area contributed by atoms with Crippen LogP contribution in [0.4, 0.5) is 27.5 Å². The highest BCUT2D eigenvalue weighted by molar-refractivity contribution is 6.37. The first kappa shape index (κ1) is 30.2. The minimum Gasteiger partial charge on any atom is -0.353 e. The highest BCUT2D eigenvalue weighted by Crippen LogP contribution is 2.39. The van der Waals surface area contributed by atoms with Gasteiger partial charge in [0.25, 0.3) is 11.8 Å². The van der Waals surface area contributed by atoms with E-state index in [-0.39, 0.29) is 17.9 Å². The first-order valence-corrected chi connectivity index (χ1v) is 15.0. The second-order valence-electron chi connectivity index (χ2n) is 10.7. The van der Waals surface area contributed by atoms with Crippen molar-refractivity contribution >= 4 is 63.5 Å². The molecule has 0 bridgehead atoms. The average molecular weight is 628 g/mol. The SMILES string of the molecule is C[C@@H](NC(=O)c1ccc2c(c1)/C(=C(/Nc1ccccc1NC(=O)Nc1cccc(Cl)c1)c1ccccc1)C(=O)N2)c1ccccc1. The lowest BCUT2D eigenvalue weighted by atomic mass is 9.98. The van der Waals surface area contributed by atoms with Gasteiger partial charge in [-0.1, -0.05) is 90.5 Å². The van der Waals surface area contributed by atoms with Crippen LogP contribution in [-0.2, 0) is 4.79 Å². The zero-order valence-corrected chi connectivity index (χ0v) is 25.6. The highest BCUT2D eigenvalue weighted by Gasteiger charge is 2.30. The van der Waals surface area contributed by atoms with Crippen molar-refractivity contribution in [2.45, 2.75) is 13.0 Å². The van der Waals surface area contributed by atoms with Gasteiger partial charge in [0.2, 0.25) is 0 Å². The van der Waals surface area contributed by atoms with Gasteiger partial charge in [0.05, 0.1) is 28.7 Å². The van der Waals surface area contributed by atoms with Crippen LogP contribution in [0, 0.1) is 0 Å². The molecule has 1 aliphatic heterocycles. The van der Waals surface area contributed by atoms with Gasteiger partial charge in [0.1, 0.15) is 0 Å². The van der Waals surface area contributed by atoms with E-state index < -0.39 is 6.03 Å². The van der Waals surface area contributed by atoms with Crippen LogP contribution in [-0.4, -0.2) is 17.8 Å².